The minimum atomic E-state index is -1.45. The molecule has 40 heavy (non-hydrogen) atoms. The number of piperazine rings is 1. The molecule has 13 nitrogen and oxygen atoms in total. The maximum atomic E-state index is 14.9. The summed E-state index contributed by atoms with van der Waals surface area (Å²) in [5.74, 6) is -0.245. The van der Waals surface area contributed by atoms with Gasteiger partial charge in [-0.25, -0.2) is 18.9 Å². The van der Waals surface area contributed by atoms with Crippen LogP contribution in [0.25, 0.3) is 28.3 Å². The Morgan fingerprint density at radius 2 is 1.95 bits per heavy atom. The van der Waals surface area contributed by atoms with Gasteiger partial charge in [-0.2, -0.15) is 14.6 Å². The lowest BCUT2D eigenvalue weighted by Crippen LogP contribution is -2.47. The van der Waals surface area contributed by atoms with E-state index in [1.807, 2.05) is 4.90 Å². The molecule has 14 heteroatoms. The zero-order valence-electron chi connectivity index (χ0n) is 22.0. The molecule has 1 saturated heterocycles. The van der Waals surface area contributed by atoms with Crippen molar-refractivity contribution in [3.8, 4) is 17.3 Å². The van der Waals surface area contributed by atoms with Crippen molar-refractivity contribution in [3.63, 3.8) is 0 Å². The van der Waals surface area contributed by atoms with Crippen LogP contribution in [0.1, 0.15) is 13.8 Å². The molecule has 1 aliphatic rings. The first kappa shape index (κ1) is 25.6. The summed E-state index contributed by atoms with van der Waals surface area (Å²) in [5, 5.41) is 18.9. The monoisotopic (exact) mass is 549 g/mol. The smallest absolute Gasteiger partial charge is 0.347 e. The predicted octanol–water partition coefficient (Wildman–Crippen LogP) is 2.52. The van der Waals surface area contributed by atoms with Crippen LogP contribution in [0.15, 0.2) is 47.2 Å². The lowest BCUT2D eigenvalue weighted by Gasteiger charge is -2.36. The molecule has 208 valence electrons. The number of aromatic nitrogens is 6. The number of rotatable bonds is 8. The van der Waals surface area contributed by atoms with Crippen molar-refractivity contribution >= 4 is 34.3 Å². The van der Waals surface area contributed by atoms with Crippen LogP contribution in [-0.2, 0) is 11.3 Å². The van der Waals surface area contributed by atoms with Crippen LogP contribution < -0.4 is 15.4 Å². The van der Waals surface area contributed by atoms with Crippen LogP contribution in [0.3, 0.4) is 0 Å². The zero-order chi connectivity index (χ0) is 28.0. The van der Waals surface area contributed by atoms with Gasteiger partial charge in [-0.05, 0) is 38.1 Å². The van der Waals surface area contributed by atoms with Crippen LogP contribution in [0.2, 0.25) is 0 Å². The molecule has 6 rings (SSSR count). The van der Waals surface area contributed by atoms with Crippen molar-refractivity contribution in [1.82, 2.24) is 34.3 Å². The van der Waals surface area contributed by atoms with Gasteiger partial charge in [0, 0.05) is 38.8 Å². The maximum Gasteiger partial charge on any atom is 0.347 e. The Hall–Kier alpha value is -4.72. The molecule has 1 fully saturated rings. The molecule has 4 aromatic heterocycles. The fourth-order valence-corrected chi connectivity index (χ4v) is 4.72. The number of hydrogen-bond acceptors (Lipinski definition) is 10. The Labute approximate surface area is 227 Å². The first-order valence-corrected chi connectivity index (χ1v) is 12.8. The number of furan rings is 1. The second kappa shape index (κ2) is 9.79. The summed E-state index contributed by atoms with van der Waals surface area (Å²) >= 11 is 0. The van der Waals surface area contributed by atoms with Crippen molar-refractivity contribution in [2.75, 3.05) is 43.4 Å². The largest absolute Gasteiger partial charge is 0.478 e. The van der Waals surface area contributed by atoms with Gasteiger partial charge in [0.05, 0.1) is 30.1 Å². The fourth-order valence-electron chi connectivity index (χ4n) is 4.72. The Balaban J connectivity index is 1.10. The highest BCUT2D eigenvalue weighted by Crippen LogP contribution is 2.28. The van der Waals surface area contributed by atoms with E-state index in [0.29, 0.717) is 48.2 Å². The summed E-state index contributed by atoms with van der Waals surface area (Å²) in [4.78, 5) is 24.7. The standard InChI is InChI=1S/C26H28FN9O4/c1-26(2,24(37)38)40-16-5-6-19(18(27)14-16)34-10-7-33(8-11-34)9-12-35-22-17(15-29-35)23-30-21(20-4-3-13-39-20)32-36(23)25(28)31-22/h3-6,13-15H,7-12H2,1-2H3,(H2,28,31)(H,37,38). The molecule has 0 aliphatic carbocycles. The molecule has 3 N–H and O–H groups in total. The molecule has 0 atom stereocenters. The summed E-state index contributed by atoms with van der Waals surface area (Å²) in [6.07, 6.45) is 3.27. The SMILES string of the molecule is CC(C)(Oc1ccc(N2CCN(CCn3ncc4c3nc(N)n3nc(-c5ccco5)nc43)CC2)c(F)c1)C(=O)O. The summed E-state index contributed by atoms with van der Waals surface area (Å²) in [6, 6.07) is 8.01. The van der Waals surface area contributed by atoms with Crippen molar-refractivity contribution in [3.05, 3.63) is 48.6 Å². The number of ether oxygens (including phenoxy) is 1. The van der Waals surface area contributed by atoms with E-state index in [-0.39, 0.29) is 11.7 Å². The number of nitrogens with zero attached hydrogens (tertiary/aromatic N) is 8. The van der Waals surface area contributed by atoms with Gasteiger partial charge in [0.15, 0.2) is 22.7 Å². The Morgan fingerprint density at radius 1 is 1.15 bits per heavy atom. The number of aliphatic carboxylic acids is 1. The number of nitrogen functional groups attached to an aromatic ring is 1. The first-order valence-electron chi connectivity index (χ1n) is 12.8. The molecule has 0 radical (unpaired) electrons. The average molecular weight is 550 g/mol. The summed E-state index contributed by atoms with van der Waals surface area (Å²) < 4.78 is 29.0. The number of hydrogen-bond donors (Lipinski definition) is 2. The van der Waals surface area contributed by atoms with Crippen LogP contribution in [0.5, 0.6) is 5.75 Å². The third-order valence-electron chi connectivity index (χ3n) is 6.99. The number of fused-ring (bicyclic) bond motifs is 3. The first-order chi connectivity index (χ1) is 19.2. The van der Waals surface area contributed by atoms with E-state index in [4.69, 9.17) is 14.9 Å². The molecule has 0 bridgehead atoms. The lowest BCUT2D eigenvalue weighted by atomic mass is 10.1. The topological polar surface area (TPSA) is 153 Å². The lowest BCUT2D eigenvalue weighted by molar-refractivity contribution is -0.152. The van der Waals surface area contributed by atoms with Gasteiger partial charge < -0.3 is 24.9 Å². The maximum absolute atomic E-state index is 14.9. The number of carboxylic acids is 1. The van der Waals surface area contributed by atoms with Crippen molar-refractivity contribution in [1.29, 1.82) is 0 Å². The second-order valence-corrected chi connectivity index (χ2v) is 10.1. The molecule has 1 aliphatic heterocycles. The molecule has 0 amide bonds. The molecule has 5 aromatic rings. The van der Waals surface area contributed by atoms with E-state index in [1.165, 1.54) is 24.4 Å². The molecule has 0 saturated carbocycles. The molecule has 5 heterocycles. The highest BCUT2D eigenvalue weighted by molar-refractivity contribution is 5.90. The predicted molar refractivity (Wildman–Crippen MR) is 144 cm³/mol. The van der Waals surface area contributed by atoms with Gasteiger partial charge in [0.2, 0.25) is 11.8 Å². The number of carboxylic acid groups (broad SMARTS) is 1. The van der Waals surface area contributed by atoms with Gasteiger partial charge in [-0.3, -0.25) is 4.90 Å². The molecule has 0 unspecified atom stereocenters. The van der Waals surface area contributed by atoms with E-state index >= 15 is 0 Å². The quantitative estimate of drug-likeness (QED) is 0.294. The third kappa shape index (κ3) is 4.66. The van der Waals surface area contributed by atoms with Gasteiger partial charge >= 0.3 is 5.97 Å². The van der Waals surface area contributed by atoms with E-state index < -0.39 is 17.4 Å². The minimum Gasteiger partial charge on any atom is -0.478 e. The normalized spacial score (nSPS) is 14.8. The van der Waals surface area contributed by atoms with E-state index in [9.17, 15) is 14.3 Å². The van der Waals surface area contributed by atoms with E-state index in [0.717, 1.165) is 25.0 Å². The van der Waals surface area contributed by atoms with Gasteiger partial charge in [-0.15, -0.1) is 5.10 Å². The van der Waals surface area contributed by atoms with Crippen LogP contribution in [-0.4, -0.2) is 83.7 Å². The summed E-state index contributed by atoms with van der Waals surface area (Å²) in [6.45, 7) is 6.90. The number of benzene rings is 1. The molecular weight excluding hydrogens is 521 g/mol. The Morgan fingerprint density at radius 3 is 2.65 bits per heavy atom. The number of anilines is 2. The second-order valence-electron chi connectivity index (χ2n) is 10.1. The zero-order valence-corrected chi connectivity index (χ0v) is 22.0. The van der Waals surface area contributed by atoms with Gasteiger partial charge in [-0.1, -0.05) is 0 Å². The molecule has 0 spiro atoms. The van der Waals surface area contributed by atoms with Crippen LogP contribution in [0, 0.1) is 5.82 Å². The highest BCUT2D eigenvalue weighted by Gasteiger charge is 2.30. The fraction of sp³-hybridized carbons (Fsp3) is 0.346. The Bertz CT molecular complexity index is 1690. The minimum absolute atomic E-state index is 0.175. The van der Waals surface area contributed by atoms with E-state index in [2.05, 4.69) is 25.1 Å². The number of nitrogens with two attached hydrogens (primary N) is 1. The van der Waals surface area contributed by atoms with Crippen LogP contribution in [0.4, 0.5) is 16.0 Å². The summed E-state index contributed by atoms with van der Waals surface area (Å²) in [5.41, 5.74) is 6.37. The van der Waals surface area contributed by atoms with E-state index in [1.54, 1.807) is 41.4 Å². The van der Waals surface area contributed by atoms with Crippen molar-refractivity contribution in [2.24, 2.45) is 0 Å². The molecular formula is C26H28FN9O4. The number of carbonyl (C=O) groups is 1. The average Bonchev–Trinajstić information content (AvgIpc) is 3.68. The van der Waals surface area contributed by atoms with Gasteiger partial charge in [0.25, 0.3) is 0 Å². The highest BCUT2D eigenvalue weighted by atomic mass is 19.1. The van der Waals surface area contributed by atoms with Crippen molar-refractivity contribution < 1.29 is 23.4 Å². The van der Waals surface area contributed by atoms with Gasteiger partial charge in [0.1, 0.15) is 11.6 Å². The molecule has 1 aromatic carbocycles. The van der Waals surface area contributed by atoms with Crippen LogP contribution >= 0.6 is 0 Å². The summed E-state index contributed by atoms with van der Waals surface area (Å²) in [7, 11) is 0. The third-order valence-corrected chi connectivity index (χ3v) is 6.99. The number of halogens is 1. The Kier molecular flexibility index (Phi) is 6.25. The van der Waals surface area contributed by atoms with Crippen molar-refractivity contribution in [2.45, 2.75) is 26.0 Å².